The lowest BCUT2D eigenvalue weighted by Crippen LogP contribution is -2.50. The van der Waals surface area contributed by atoms with Gasteiger partial charge in [0.1, 0.15) is 12.4 Å². The van der Waals surface area contributed by atoms with Gasteiger partial charge >= 0.3 is 0 Å². The fourth-order valence-corrected chi connectivity index (χ4v) is 5.82. The van der Waals surface area contributed by atoms with E-state index in [2.05, 4.69) is 5.32 Å². The first kappa shape index (κ1) is 22.4. The van der Waals surface area contributed by atoms with Crippen LogP contribution in [-0.4, -0.2) is 30.0 Å². The quantitative estimate of drug-likeness (QED) is 0.569. The first-order valence-electron chi connectivity index (χ1n) is 10.5. The molecular weight excluding hydrogens is 477 g/mol. The van der Waals surface area contributed by atoms with Crippen molar-refractivity contribution in [1.82, 2.24) is 0 Å². The molecule has 0 bridgehead atoms. The summed E-state index contributed by atoms with van der Waals surface area (Å²) in [6, 6.07) is 17.7. The molecule has 2 aliphatic heterocycles. The Hall–Kier alpha value is -3.36. The average molecular weight is 496 g/mol. The van der Waals surface area contributed by atoms with E-state index in [1.807, 2.05) is 19.1 Å². The molecule has 9 heteroatoms. The molecule has 1 atom stereocenters. The normalized spacial score (nSPS) is 19.1. The van der Waals surface area contributed by atoms with Gasteiger partial charge in [-0.3, -0.25) is 24.2 Å². The zero-order chi connectivity index (χ0) is 24.0. The summed E-state index contributed by atoms with van der Waals surface area (Å²) >= 11 is 7.12. The number of nitrogens with zero attached hydrogens (tertiary/aromatic N) is 2. The number of rotatable bonds is 4. The van der Waals surface area contributed by atoms with Crippen LogP contribution >= 0.6 is 23.4 Å². The van der Waals surface area contributed by atoms with Gasteiger partial charge in [0.05, 0.1) is 11.4 Å². The highest BCUT2D eigenvalue weighted by molar-refractivity contribution is 8.02. The van der Waals surface area contributed by atoms with Crippen LogP contribution in [0.15, 0.2) is 66.7 Å². The van der Waals surface area contributed by atoms with E-state index >= 15 is 0 Å². The number of nitrogens with one attached hydrogen (secondary N) is 1. The summed E-state index contributed by atoms with van der Waals surface area (Å²) in [6.07, 6.45) is 0. The van der Waals surface area contributed by atoms with Crippen LogP contribution in [-0.2, 0) is 19.3 Å². The number of carbonyl (C=O) groups excluding carboxylic acids is 3. The molecule has 1 fully saturated rings. The maximum atomic E-state index is 14.0. The topological polar surface area (TPSA) is 69.7 Å². The fraction of sp³-hybridized carbons (Fsp3) is 0.160. The van der Waals surface area contributed by atoms with Gasteiger partial charge in [-0.25, -0.2) is 4.39 Å². The van der Waals surface area contributed by atoms with Crippen molar-refractivity contribution in [3.63, 3.8) is 0 Å². The Bertz CT molecular complexity index is 1320. The van der Waals surface area contributed by atoms with Crippen molar-refractivity contribution in [2.24, 2.45) is 0 Å². The minimum atomic E-state index is -1.36. The largest absolute Gasteiger partial charge is 0.325 e. The SMILES string of the molecule is Cc1ccc2c(c1)[C@@]1(SCC(=O)N1c1ccc(F)cc1)C(=O)N2CC(=O)Nc1ccc(Cl)cc1. The molecule has 2 heterocycles. The Labute approximate surface area is 204 Å². The number of anilines is 3. The average Bonchev–Trinajstić information content (AvgIpc) is 3.27. The van der Waals surface area contributed by atoms with Crippen LogP contribution in [0.3, 0.4) is 0 Å². The lowest BCUT2D eigenvalue weighted by molar-refractivity contribution is -0.124. The highest BCUT2D eigenvalue weighted by Gasteiger charge is 2.61. The summed E-state index contributed by atoms with van der Waals surface area (Å²) < 4.78 is 13.6. The minimum Gasteiger partial charge on any atom is -0.325 e. The summed E-state index contributed by atoms with van der Waals surface area (Å²) in [5.41, 5.74) is 3.09. The fourth-order valence-electron chi connectivity index (χ4n) is 4.34. The number of hydrogen-bond donors (Lipinski definition) is 1. The van der Waals surface area contributed by atoms with Gasteiger partial charge in [0.2, 0.25) is 16.7 Å². The van der Waals surface area contributed by atoms with Crippen LogP contribution in [0.25, 0.3) is 0 Å². The van der Waals surface area contributed by atoms with Crippen molar-refractivity contribution in [3.05, 3.63) is 88.7 Å². The Morgan fingerprint density at radius 2 is 1.79 bits per heavy atom. The Kier molecular flexibility index (Phi) is 5.58. The van der Waals surface area contributed by atoms with E-state index in [9.17, 15) is 18.8 Å². The zero-order valence-corrected chi connectivity index (χ0v) is 19.6. The van der Waals surface area contributed by atoms with E-state index in [-0.39, 0.29) is 30.0 Å². The van der Waals surface area contributed by atoms with Gasteiger partial charge in [0, 0.05) is 22.0 Å². The van der Waals surface area contributed by atoms with Gasteiger partial charge in [-0.15, -0.1) is 11.8 Å². The van der Waals surface area contributed by atoms with Crippen molar-refractivity contribution >= 4 is 58.1 Å². The Morgan fingerprint density at radius 3 is 2.50 bits per heavy atom. The van der Waals surface area contributed by atoms with E-state index < -0.39 is 10.7 Å². The van der Waals surface area contributed by atoms with Crippen LogP contribution in [0, 0.1) is 12.7 Å². The molecule has 0 saturated carbocycles. The van der Waals surface area contributed by atoms with Crippen LogP contribution in [0.5, 0.6) is 0 Å². The number of fused-ring (bicyclic) bond motifs is 2. The molecule has 0 aromatic heterocycles. The third kappa shape index (κ3) is 3.63. The van der Waals surface area contributed by atoms with Gasteiger partial charge in [-0.1, -0.05) is 29.3 Å². The molecule has 34 heavy (non-hydrogen) atoms. The number of hydrogen-bond acceptors (Lipinski definition) is 4. The van der Waals surface area contributed by atoms with E-state index in [0.717, 1.165) is 5.56 Å². The highest BCUT2D eigenvalue weighted by Crippen LogP contribution is 2.55. The second-order valence-corrected chi connectivity index (χ2v) is 9.71. The third-order valence-corrected chi connectivity index (χ3v) is 7.46. The van der Waals surface area contributed by atoms with E-state index in [1.165, 1.54) is 45.8 Å². The first-order valence-corrected chi connectivity index (χ1v) is 11.9. The molecule has 3 amide bonds. The standard InChI is InChI=1S/C25H19ClFN3O3S/c1-15-2-11-21-20(12-15)25(30(23(32)14-34-25)19-9-5-17(27)6-10-19)24(33)29(21)13-22(31)28-18-7-3-16(26)4-8-18/h2-12H,13-14H2,1H3,(H,28,31)/t25-/m1/s1. The van der Waals surface area contributed by atoms with Crippen molar-refractivity contribution in [3.8, 4) is 0 Å². The minimum absolute atomic E-state index is 0.0846. The first-order chi connectivity index (χ1) is 16.3. The zero-order valence-electron chi connectivity index (χ0n) is 18.0. The summed E-state index contributed by atoms with van der Waals surface area (Å²) in [5.74, 6) is -1.39. The predicted molar refractivity (Wildman–Crippen MR) is 132 cm³/mol. The molecule has 1 N–H and O–H groups in total. The van der Waals surface area contributed by atoms with E-state index in [1.54, 1.807) is 30.3 Å². The molecule has 5 rings (SSSR count). The third-order valence-electron chi connectivity index (χ3n) is 5.83. The van der Waals surface area contributed by atoms with Crippen molar-refractivity contribution in [2.75, 3.05) is 27.4 Å². The molecule has 3 aromatic carbocycles. The van der Waals surface area contributed by atoms with E-state index in [0.29, 0.717) is 27.6 Å². The van der Waals surface area contributed by atoms with E-state index in [4.69, 9.17) is 11.6 Å². The van der Waals surface area contributed by atoms with Crippen LogP contribution in [0.4, 0.5) is 21.5 Å². The summed E-state index contributed by atoms with van der Waals surface area (Å²) in [6.45, 7) is 1.67. The maximum Gasteiger partial charge on any atom is 0.269 e. The number of aryl methyl sites for hydroxylation is 1. The Balaban J connectivity index is 1.53. The molecule has 172 valence electrons. The molecule has 0 radical (unpaired) electrons. The maximum absolute atomic E-state index is 14.0. The molecule has 0 unspecified atom stereocenters. The predicted octanol–water partition coefficient (Wildman–Crippen LogP) is 4.71. The second-order valence-electron chi connectivity index (χ2n) is 8.11. The smallest absolute Gasteiger partial charge is 0.269 e. The molecular formula is C25H19ClFN3O3S. The number of amides is 3. The molecule has 1 spiro atoms. The molecule has 0 aliphatic carbocycles. The van der Waals surface area contributed by atoms with Crippen LogP contribution in [0.2, 0.25) is 5.02 Å². The molecule has 6 nitrogen and oxygen atoms in total. The Morgan fingerprint density at radius 1 is 1.09 bits per heavy atom. The number of thioether (sulfide) groups is 1. The lowest BCUT2D eigenvalue weighted by atomic mass is 10.0. The van der Waals surface area contributed by atoms with Crippen molar-refractivity contribution in [2.45, 2.75) is 11.8 Å². The number of benzene rings is 3. The number of carbonyl (C=O) groups is 3. The van der Waals surface area contributed by atoms with Gasteiger partial charge in [0.25, 0.3) is 5.91 Å². The van der Waals surface area contributed by atoms with Crippen LogP contribution in [0.1, 0.15) is 11.1 Å². The number of halogens is 2. The molecule has 2 aliphatic rings. The lowest BCUT2D eigenvalue weighted by Gasteiger charge is -2.33. The highest BCUT2D eigenvalue weighted by atomic mass is 35.5. The molecule has 3 aromatic rings. The summed E-state index contributed by atoms with van der Waals surface area (Å²) in [4.78, 5) is 41.3. The van der Waals surface area contributed by atoms with Gasteiger partial charge in [0.15, 0.2) is 0 Å². The van der Waals surface area contributed by atoms with Crippen molar-refractivity contribution < 1.29 is 18.8 Å². The van der Waals surface area contributed by atoms with Crippen LogP contribution < -0.4 is 15.1 Å². The van der Waals surface area contributed by atoms with Gasteiger partial charge < -0.3 is 5.32 Å². The summed E-state index contributed by atoms with van der Waals surface area (Å²) in [7, 11) is 0. The second kappa shape index (κ2) is 8.45. The van der Waals surface area contributed by atoms with Gasteiger partial charge in [-0.05, 0) is 61.5 Å². The summed E-state index contributed by atoms with van der Waals surface area (Å²) in [5, 5.41) is 3.32. The van der Waals surface area contributed by atoms with Gasteiger partial charge in [-0.2, -0.15) is 0 Å². The van der Waals surface area contributed by atoms with Crippen molar-refractivity contribution in [1.29, 1.82) is 0 Å². The monoisotopic (exact) mass is 495 g/mol. The molecule has 1 saturated heterocycles.